The number of aryl methyl sites for hydroxylation is 1. The second-order valence-electron chi connectivity index (χ2n) is 4.76. The molecule has 0 aromatic carbocycles. The molecule has 0 radical (unpaired) electrons. The number of hydrogen-bond acceptors (Lipinski definition) is 4. The lowest BCUT2D eigenvalue weighted by Crippen LogP contribution is -2.30. The van der Waals surface area contributed by atoms with Crippen LogP contribution in [0, 0.1) is 6.92 Å². The first kappa shape index (κ1) is 15.0. The van der Waals surface area contributed by atoms with Crippen molar-refractivity contribution in [2.75, 3.05) is 20.2 Å². The maximum absolute atomic E-state index is 12.5. The first-order chi connectivity index (χ1) is 10.0. The molecule has 2 rings (SSSR count). The second kappa shape index (κ2) is 6.39. The lowest BCUT2D eigenvalue weighted by atomic mass is 10.3. The average Bonchev–Trinajstić information content (AvgIpc) is 2.80. The standard InChI is InChI=1S/C15H19N3O3/c1-4-21-13(19)8-10-17(3)15(20)14-11(2)16-12-7-5-6-9-18(12)14/h5-7,9H,4,8,10H2,1-3H3. The summed E-state index contributed by atoms with van der Waals surface area (Å²) in [7, 11) is 1.67. The molecule has 0 bridgehead atoms. The Morgan fingerprint density at radius 1 is 1.38 bits per heavy atom. The highest BCUT2D eigenvalue weighted by molar-refractivity contribution is 5.94. The third-order valence-corrected chi connectivity index (χ3v) is 3.21. The molecular formula is C15H19N3O3. The highest BCUT2D eigenvalue weighted by Crippen LogP contribution is 2.13. The van der Waals surface area contributed by atoms with Gasteiger partial charge in [0.1, 0.15) is 11.3 Å². The summed E-state index contributed by atoms with van der Waals surface area (Å²) in [5.41, 5.74) is 1.93. The highest BCUT2D eigenvalue weighted by Gasteiger charge is 2.20. The van der Waals surface area contributed by atoms with Crippen LogP contribution in [0.5, 0.6) is 0 Å². The minimum absolute atomic E-state index is 0.157. The van der Waals surface area contributed by atoms with Crippen LogP contribution in [0.2, 0.25) is 0 Å². The first-order valence-electron chi connectivity index (χ1n) is 6.89. The number of amides is 1. The zero-order chi connectivity index (χ0) is 15.4. The van der Waals surface area contributed by atoms with Crippen LogP contribution in [0.4, 0.5) is 0 Å². The van der Waals surface area contributed by atoms with Gasteiger partial charge in [-0.2, -0.15) is 0 Å². The lowest BCUT2D eigenvalue weighted by molar-refractivity contribution is -0.143. The van der Waals surface area contributed by atoms with E-state index in [0.717, 1.165) is 5.65 Å². The van der Waals surface area contributed by atoms with Crippen molar-refractivity contribution in [1.82, 2.24) is 14.3 Å². The Labute approximate surface area is 123 Å². The van der Waals surface area contributed by atoms with Crippen LogP contribution < -0.4 is 0 Å². The van der Waals surface area contributed by atoms with E-state index in [2.05, 4.69) is 4.98 Å². The molecule has 6 nitrogen and oxygen atoms in total. The average molecular weight is 289 g/mol. The van der Waals surface area contributed by atoms with Crippen molar-refractivity contribution >= 4 is 17.5 Å². The Hall–Kier alpha value is -2.37. The fraction of sp³-hybridized carbons (Fsp3) is 0.400. The summed E-state index contributed by atoms with van der Waals surface area (Å²) in [6.45, 7) is 4.23. The molecule has 2 aromatic rings. The predicted molar refractivity (Wildman–Crippen MR) is 78.1 cm³/mol. The first-order valence-corrected chi connectivity index (χ1v) is 6.89. The number of fused-ring (bicyclic) bond motifs is 1. The molecule has 0 saturated heterocycles. The number of pyridine rings is 1. The summed E-state index contributed by atoms with van der Waals surface area (Å²) in [5.74, 6) is -0.456. The zero-order valence-corrected chi connectivity index (χ0v) is 12.5. The molecule has 0 aliphatic heterocycles. The molecule has 2 aromatic heterocycles. The number of imidazole rings is 1. The van der Waals surface area contributed by atoms with E-state index in [1.165, 1.54) is 4.90 Å². The van der Waals surface area contributed by atoms with Crippen LogP contribution >= 0.6 is 0 Å². The van der Waals surface area contributed by atoms with Crippen molar-refractivity contribution < 1.29 is 14.3 Å². The minimum atomic E-state index is -0.299. The Balaban J connectivity index is 2.14. The predicted octanol–water partition coefficient (Wildman–Crippen LogP) is 1.67. The Morgan fingerprint density at radius 3 is 2.86 bits per heavy atom. The van der Waals surface area contributed by atoms with E-state index in [-0.39, 0.29) is 18.3 Å². The molecule has 0 unspecified atom stereocenters. The van der Waals surface area contributed by atoms with Gasteiger partial charge < -0.3 is 9.64 Å². The second-order valence-corrected chi connectivity index (χ2v) is 4.76. The quantitative estimate of drug-likeness (QED) is 0.785. The van der Waals surface area contributed by atoms with Gasteiger partial charge in [0.15, 0.2) is 0 Å². The van der Waals surface area contributed by atoms with E-state index >= 15 is 0 Å². The smallest absolute Gasteiger partial charge is 0.307 e. The van der Waals surface area contributed by atoms with E-state index in [4.69, 9.17) is 4.74 Å². The minimum Gasteiger partial charge on any atom is -0.466 e. The summed E-state index contributed by atoms with van der Waals surface area (Å²) in [6.07, 6.45) is 1.99. The number of aromatic nitrogens is 2. The molecule has 2 heterocycles. The zero-order valence-electron chi connectivity index (χ0n) is 12.5. The molecule has 21 heavy (non-hydrogen) atoms. The molecule has 112 valence electrons. The van der Waals surface area contributed by atoms with Crippen LogP contribution in [0.25, 0.3) is 5.65 Å². The highest BCUT2D eigenvalue weighted by atomic mass is 16.5. The number of hydrogen-bond donors (Lipinski definition) is 0. The molecule has 0 N–H and O–H groups in total. The fourth-order valence-corrected chi connectivity index (χ4v) is 2.15. The van der Waals surface area contributed by atoms with Crippen LogP contribution in [0.3, 0.4) is 0 Å². The molecular weight excluding hydrogens is 270 g/mol. The molecule has 0 fully saturated rings. The van der Waals surface area contributed by atoms with Crippen molar-refractivity contribution in [2.45, 2.75) is 20.3 Å². The summed E-state index contributed by atoms with van der Waals surface area (Å²) >= 11 is 0. The number of carbonyl (C=O) groups is 2. The number of ether oxygens (including phenoxy) is 1. The Morgan fingerprint density at radius 2 is 2.14 bits per heavy atom. The van der Waals surface area contributed by atoms with Gasteiger partial charge in [-0.1, -0.05) is 6.07 Å². The molecule has 0 aliphatic rings. The molecule has 1 amide bonds. The normalized spacial score (nSPS) is 10.6. The SMILES string of the molecule is CCOC(=O)CCN(C)C(=O)c1c(C)nc2ccccn12. The van der Waals surface area contributed by atoms with E-state index in [1.54, 1.807) is 25.3 Å². The van der Waals surface area contributed by atoms with Crippen molar-refractivity contribution in [3.05, 3.63) is 35.8 Å². The van der Waals surface area contributed by atoms with Crippen LogP contribution in [-0.4, -0.2) is 46.4 Å². The topological polar surface area (TPSA) is 63.9 Å². The molecule has 0 atom stereocenters. The third kappa shape index (κ3) is 3.21. The lowest BCUT2D eigenvalue weighted by Gasteiger charge is -2.16. The van der Waals surface area contributed by atoms with E-state index < -0.39 is 0 Å². The maximum atomic E-state index is 12.5. The number of rotatable bonds is 5. The Kier molecular flexibility index (Phi) is 4.57. The summed E-state index contributed by atoms with van der Waals surface area (Å²) in [4.78, 5) is 29.8. The van der Waals surface area contributed by atoms with Gasteiger partial charge in [0.25, 0.3) is 5.91 Å². The van der Waals surface area contributed by atoms with Crippen molar-refractivity contribution in [3.63, 3.8) is 0 Å². The van der Waals surface area contributed by atoms with E-state index in [0.29, 0.717) is 24.5 Å². The maximum Gasteiger partial charge on any atom is 0.307 e. The fourth-order valence-electron chi connectivity index (χ4n) is 2.15. The van der Waals surface area contributed by atoms with E-state index in [9.17, 15) is 9.59 Å². The summed E-state index contributed by atoms with van der Waals surface area (Å²) in [5, 5.41) is 0. The Bertz CT molecular complexity index is 663. The van der Waals surface area contributed by atoms with Crippen LogP contribution in [0.1, 0.15) is 29.5 Å². The molecule has 0 aliphatic carbocycles. The molecule has 6 heteroatoms. The number of esters is 1. The van der Waals surface area contributed by atoms with Gasteiger partial charge in [-0.05, 0) is 26.0 Å². The van der Waals surface area contributed by atoms with Crippen LogP contribution in [0.15, 0.2) is 24.4 Å². The van der Waals surface area contributed by atoms with Crippen molar-refractivity contribution in [3.8, 4) is 0 Å². The van der Waals surface area contributed by atoms with Gasteiger partial charge in [-0.15, -0.1) is 0 Å². The van der Waals surface area contributed by atoms with Gasteiger partial charge in [-0.25, -0.2) is 4.98 Å². The van der Waals surface area contributed by atoms with E-state index in [1.807, 2.05) is 24.4 Å². The number of carbonyl (C=O) groups excluding carboxylic acids is 2. The monoisotopic (exact) mass is 289 g/mol. The van der Waals surface area contributed by atoms with Gasteiger partial charge in [0.2, 0.25) is 0 Å². The summed E-state index contributed by atoms with van der Waals surface area (Å²) < 4.78 is 6.62. The molecule has 0 spiro atoms. The third-order valence-electron chi connectivity index (χ3n) is 3.21. The van der Waals surface area contributed by atoms with Gasteiger partial charge in [-0.3, -0.25) is 14.0 Å². The molecule has 0 saturated carbocycles. The van der Waals surface area contributed by atoms with Gasteiger partial charge in [0.05, 0.1) is 18.7 Å². The number of nitrogens with zero attached hydrogens (tertiary/aromatic N) is 3. The van der Waals surface area contributed by atoms with Gasteiger partial charge in [0, 0.05) is 19.8 Å². The van der Waals surface area contributed by atoms with Crippen LogP contribution in [-0.2, 0) is 9.53 Å². The largest absolute Gasteiger partial charge is 0.466 e. The van der Waals surface area contributed by atoms with Gasteiger partial charge >= 0.3 is 5.97 Å². The van der Waals surface area contributed by atoms with Crippen molar-refractivity contribution in [2.24, 2.45) is 0 Å². The summed E-state index contributed by atoms with van der Waals surface area (Å²) in [6, 6.07) is 5.58. The van der Waals surface area contributed by atoms with Crippen molar-refractivity contribution in [1.29, 1.82) is 0 Å².